The number of aromatic nitrogens is 3. The summed E-state index contributed by atoms with van der Waals surface area (Å²) in [4.78, 5) is 25.2. The van der Waals surface area contributed by atoms with Gasteiger partial charge in [0.05, 0.1) is 16.7 Å². The highest BCUT2D eigenvalue weighted by Crippen LogP contribution is 2.20. The van der Waals surface area contributed by atoms with Crippen molar-refractivity contribution in [1.82, 2.24) is 20.3 Å². The van der Waals surface area contributed by atoms with Crippen molar-refractivity contribution < 1.29 is 9.21 Å². The number of amides is 1. The Balaban J connectivity index is 1.44. The summed E-state index contributed by atoms with van der Waals surface area (Å²) in [6.07, 6.45) is 3.51. The second-order valence-corrected chi connectivity index (χ2v) is 7.52. The fraction of sp³-hybridized carbons (Fsp3) is 0.182. The molecule has 0 aliphatic carbocycles. The Bertz CT molecular complexity index is 1230. The second-order valence-electron chi connectivity index (χ2n) is 7.09. The van der Waals surface area contributed by atoms with E-state index in [1.54, 1.807) is 12.3 Å². The fourth-order valence-electron chi connectivity index (χ4n) is 3.35. The monoisotopic (exact) mass is 421 g/mol. The quantitative estimate of drug-likeness (QED) is 0.504. The second kappa shape index (κ2) is 8.12. The highest BCUT2D eigenvalue weighted by molar-refractivity contribution is 6.31. The largest absolute Gasteiger partial charge is 0.435 e. The van der Waals surface area contributed by atoms with Gasteiger partial charge in [0.15, 0.2) is 5.89 Å². The first-order chi connectivity index (χ1) is 14.4. The number of hydrogen-bond acceptors (Lipinski definition) is 6. The molecule has 0 radical (unpaired) electrons. The lowest BCUT2D eigenvalue weighted by Gasteiger charge is -2.10. The summed E-state index contributed by atoms with van der Waals surface area (Å²) in [6, 6.07) is 9.50. The molecule has 0 atom stereocenters. The van der Waals surface area contributed by atoms with Gasteiger partial charge in [-0.15, -0.1) is 0 Å². The summed E-state index contributed by atoms with van der Waals surface area (Å²) >= 11 is 6.02. The van der Waals surface area contributed by atoms with E-state index >= 15 is 0 Å². The van der Waals surface area contributed by atoms with Gasteiger partial charge in [0.1, 0.15) is 5.82 Å². The van der Waals surface area contributed by atoms with Crippen LogP contribution in [0, 0.1) is 13.8 Å². The molecule has 152 valence electrons. The van der Waals surface area contributed by atoms with Gasteiger partial charge in [-0.25, -0.2) is 9.97 Å². The summed E-state index contributed by atoms with van der Waals surface area (Å²) in [5.41, 5.74) is 10.3. The van der Waals surface area contributed by atoms with Gasteiger partial charge in [0, 0.05) is 30.2 Å². The van der Waals surface area contributed by atoms with Gasteiger partial charge in [-0.2, -0.15) is 0 Å². The smallest absolute Gasteiger partial charge is 0.288 e. The van der Waals surface area contributed by atoms with Crippen LogP contribution < -0.4 is 11.1 Å². The predicted molar refractivity (Wildman–Crippen MR) is 115 cm³/mol. The van der Waals surface area contributed by atoms with Gasteiger partial charge in [0.2, 0.25) is 5.76 Å². The van der Waals surface area contributed by atoms with E-state index in [0.29, 0.717) is 29.7 Å². The fourth-order valence-corrected chi connectivity index (χ4v) is 3.51. The van der Waals surface area contributed by atoms with Crippen molar-refractivity contribution in [3.8, 4) is 0 Å². The molecule has 3 aromatic heterocycles. The number of nitrogens with one attached hydrogen (secondary N) is 1. The van der Waals surface area contributed by atoms with E-state index < -0.39 is 0 Å². The number of fused-ring (bicyclic) bond motifs is 1. The summed E-state index contributed by atoms with van der Waals surface area (Å²) in [5.74, 6) is 0.746. The van der Waals surface area contributed by atoms with E-state index in [-0.39, 0.29) is 11.7 Å². The van der Waals surface area contributed by atoms with E-state index in [2.05, 4.69) is 20.3 Å². The van der Waals surface area contributed by atoms with Crippen LogP contribution in [0.4, 0.5) is 5.82 Å². The Morgan fingerprint density at radius 2 is 2.00 bits per heavy atom. The van der Waals surface area contributed by atoms with Crippen LogP contribution in [0.25, 0.3) is 10.9 Å². The zero-order chi connectivity index (χ0) is 21.3. The Hall–Kier alpha value is -3.45. The Morgan fingerprint density at radius 1 is 1.17 bits per heavy atom. The van der Waals surface area contributed by atoms with Crippen molar-refractivity contribution in [2.45, 2.75) is 26.8 Å². The highest BCUT2D eigenvalue weighted by atomic mass is 35.5. The molecular weight excluding hydrogens is 402 g/mol. The lowest BCUT2D eigenvalue weighted by atomic mass is 10.1. The molecule has 8 heteroatoms. The number of carbonyl (C=O) groups excluding carboxylic acids is 1. The first kappa shape index (κ1) is 19.8. The van der Waals surface area contributed by atoms with E-state index in [0.717, 1.165) is 33.3 Å². The number of carbonyl (C=O) groups is 1. The van der Waals surface area contributed by atoms with Crippen molar-refractivity contribution in [3.63, 3.8) is 0 Å². The number of rotatable bonds is 5. The zero-order valence-electron chi connectivity index (χ0n) is 16.6. The summed E-state index contributed by atoms with van der Waals surface area (Å²) in [5, 5.41) is 4.37. The molecule has 7 nitrogen and oxygen atoms in total. The molecule has 4 rings (SSSR count). The number of hydrogen-bond donors (Lipinski definition) is 2. The molecule has 0 bridgehead atoms. The average molecular weight is 422 g/mol. The molecule has 0 aliphatic rings. The van der Waals surface area contributed by atoms with Crippen molar-refractivity contribution in [2.75, 3.05) is 5.73 Å². The average Bonchev–Trinajstić information content (AvgIpc) is 3.15. The minimum Gasteiger partial charge on any atom is -0.435 e. The molecule has 4 aromatic rings. The Morgan fingerprint density at radius 3 is 2.80 bits per heavy atom. The third-order valence-electron chi connectivity index (χ3n) is 4.84. The molecule has 0 saturated carbocycles. The summed E-state index contributed by atoms with van der Waals surface area (Å²) in [7, 11) is 0. The number of aryl methyl sites for hydroxylation is 2. The number of nitrogens with two attached hydrogens (primary N) is 1. The van der Waals surface area contributed by atoms with Gasteiger partial charge >= 0.3 is 0 Å². The number of benzene rings is 1. The van der Waals surface area contributed by atoms with Crippen LogP contribution in [-0.2, 0) is 13.0 Å². The van der Waals surface area contributed by atoms with E-state index in [1.165, 1.54) is 6.20 Å². The lowest BCUT2D eigenvalue weighted by Crippen LogP contribution is -2.23. The Kier molecular flexibility index (Phi) is 5.37. The first-order valence-electron chi connectivity index (χ1n) is 9.39. The van der Waals surface area contributed by atoms with Crippen LogP contribution in [0.2, 0.25) is 5.02 Å². The highest BCUT2D eigenvalue weighted by Gasteiger charge is 2.14. The third kappa shape index (κ3) is 4.26. The van der Waals surface area contributed by atoms with Crippen LogP contribution >= 0.6 is 11.6 Å². The summed E-state index contributed by atoms with van der Waals surface area (Å²) < 4.78 is 5.65. The van der Waals surface area contributed by atoms with Gasteiger partial charge in [-0.1, -0.05) is 17.7 Å². The maximum Gasteiger partial charge on any atom is 0.288 e. The molecule has 3 heterocycles. The number of nitrogen functional groups attached to an aromatic ring is 1. The molecule has 30 heavy (non-hydrogen) atoms. The van der Waals surface area contributed by atoms with Gasteiger partial charge in [-0.05, 0) is 54.8 Å². The van der Waals surface area contributed by atoms with Crippen molar-refractivity contribution in [2.24, 2.45) is 0 Å². The number of oxazole rings is 1. The first-order valence-corrected chi connectivity index (χ1v) is 9.76. The van der Waals surface area contributed by atoms with Crippen molar-refractivity contribution in [1.29, 1.82) is 0 Å². The van der Waals surface area contributed by atoms with Crippen LogP contribution in [0.3, 0.4) is 0 Å². The standard InChI is InChI=1S/C22H20ClN5O2/c1-12-5-20(24)28-13(2)17(12)10-27-22(29)19-11-26-21(30-19)7-14-3-4-18-15(6-14)8-16(23)9-25-18/h3-6,8-9,11H,7,10H2,1-2H3,(H2,24,28)(H,27,29). The van der Waals surface area contributed by atoms with Gasteiger partial charge < -0.3 is 15.5 Å². The van der Waals surface area contributed by atoms with Gasteiger partial charge in [0.25, 0.3) is 5.91 Å². The molecule has 1 aromatic carbocycles. The number of pyridine rings is 2. The van der Waals surface area contributed by atoms with E-state index in [9.17, 15) is 4.79 Å². The molecule has 0 spiro atoms. The lowest BCUT2D eigenvalue weighted by molar-refractivity contribution is 0.0921. The molecule has 0 aliphatic heterocycles. The number of nitrogens with zero attached hydrogens (tertiary/aromatic N) is 3. The van der Waals surface area contributed by atoms with Crippen LogP contribution in [0.5, 0.6) is 0 Å². The van der Waals surface area contributed by atoms with E-state index in [4.69, 9.17) is 21.8 Å². The zero-order valence-corrected chi connectivity index (χ0v) is 17.3. The SMILES string of the molecule is Cc1cc(N)nc(C)c1CNC(=O)c1cnc(Cc2ccc3ncc(Cl)cc3c2)o1. The van der Waals surface area contributed by atoms with Crippen LogP contribution in [0.1, 0.15) is 38.8 Å². The minimum atomic E-state index is -0.334. The van der Waals surface area contributed by atoms with E-state index in [1.807, 2.05) is 38.1 Å². The normalized spacial score (nSPS) is 11.0. The molecular formula is C22H20ClN5O2. The maximum atomic E-state index is 12.5. The molecule has 0 fully saturated rings. The summed E-state index contributed by atoms with van der Waals surface area (Å²) in [6.45, 7) is 4.13. The topological polar surface area (TPSA) is 107 Å². The van der Waals surface area contributed by atoms with Crippen LogP contribution in [-0.4, -0.2) is 20.9 Å². The molecule has 3 N–H and O–H groups in total. The van der Waals surface area contributed by atoms with Gasteiger partial charge in [-0.3, -0.25) is 9.78 Å². The number of anilines is 1. The molecule has 0 unspecified atom stereocenters. The van der Waals surface area contributed by atoms with Crippen molar-refractivity contribution in [3.05, 3.63) is 81.8 Å². The predicted octanol–water partition coefficient (Wildman–Crippen LogP) is 3.99. The van der Waals surface area contributed by atoms with Crippen LogP contribution in [0.15, 0.2) is 47.1 Å². The maximum absolute atomic E-state index is 12.5. The molecule has 0 saturated heterocycles. The molecule has 1 amide bonds. The minimum absolute atomic E-state index is 0.161. The third-order valence-corrected chi connectivity index (χ3v) is 5.05. The Labute approximate surface area is 178 Å². The number of halogens is 1. The van der Waals surface area contributed by atoms with Crippen molar-refractivity contribution >= 4 is 34.2 Å².